The first-order valence-corrected chi connectivity index (χ1v) is 8.87. The van der Waals surface area contributed by atoms with E-state index in [2.05, 4.69) is 33.5 Å². The number of aryl methyl sites for hydroxylation is 1. The number of nitrogens with zero attached hydrogens (tertiary/aromatic N) is 4. The van der Waals surface area contributed by atoms with Crippen LogP contribution in [0.2, 0.25) is 5.02 Å². The third-order valence-corrected chi connectivity index (χ3v) is 5.36. The molecule has 0 spiro atoms. The summed E-state index contributed by atoms with van der Waals surface area (Å²) in [5.41, 5.74) is 3.03. The zero-order valence-electron chi connectivity index (χ0n) is 14.0. The van der Waals surface area contributed by atoms with Crippen LogP contribution >= 0.6 is 11.6 Å². The van der Waals surface area contributed by atoms with Crippen LogP contribution in [0.3, 0.4) is 0 Å². The van der Waals surface area contributed by atoms with Gasteiger partial charge in [0.05, 0.1) is 16.1 Å². The Morgan fingerprint density at radius 3 is 2.88 bits per heavy atom. The molecule has 1 unspecified atom stereocenters. The van der Waals surface area contributed by atoms with Gasteiger partial charge in [-0.05, 0) is 30.5 Å². The zero-order chi connectivity index (χ0) is 16.7. The molecule has 24 heavy (non-hydrogen) atoms. The van der Waals surface area contributed by atoms with Crippen molar-refractivity contribution in [2.45, 2.75) is 19.8 Å². The lowest BCUT2D eigenvalue weighted by Gasteiger charge is -2.18. The van der Waals surface area contributed by atoms with Crippen LogP contribution < -0.4 is 4.90 Å². The second-order valence-electron chi connectivity index (χ2n) is 6.51. The van der Waals surface area contributed by atoms with E-state index in [4.69, 9.17) is 16.6 Å². The molecule has 0 N–H and O–H groups in total. The Balaban J connectivity index is 1.77. The predicted octanol–water partition coefficient (Wildman–Crippen LogP) is 4.53. The molecule has 1 aliphatic heterocycles. The van der Waals surface area contributed by atoms with Crippen molar-refractivity contribution in [1.29, 1.82) is 0 Å². The fourth-order valence-corrected chi connectivity index (χ4v) is 3.72. The monoisotopic (exact) mass is 340 g/mol. The number of aromatic nitrogens is 3. The van der Waals surface area contributed by atoms with E-state index in [0.29, 0.717) is 5.02 Å². The molecule has 3 aromatic rings. The smallest absolute Gasteiger partial charge is 0.142 e. The van der Waals surface area contributed by atoms with Gasteiger partial charge >= 0.3 is 0 Å². The molecule has 0 radical (unpaired) electrons. The molecule has 0 amide bonds. The van der Waals surface area contributed by atoms with Crippen molar-refractivity contribution in [3.8, 4) is 11.4 Å². The summed E-state index contributed by atoms with van der Waals surface area (Å²) < 4.78 is 2.10. The van der Waals surface area contributed by atoms with E-state index in [0.717, 1.165) is 47.2 Å². The van der Waals surface area contributed by atoms with Crippen molar-refractivity contribution in [3.63, 3.8) is 0 Å². The van der Waals surface area contributed by atoms with Gasteiger partial charge in [0.25, 0.3) is 0 Å². The van der Waals surface area contributed by atoms with Gasteiger partial charge in [0.1, 0.15) is 11.6 Å². The summed E-state index contributed by atoms with van der Waals surface area (Å²) >= 11 is 6.46. The molecule has 3 heterocycles. The van der Waals surface area contributed by atoms with Gasteiger partial charge in [0.2, 0.25) is 0 Å². The molecule has 4 rings (SSSR count). The predicted molar refractivity (Wildman–Crippen MR) is 99.6 cm³/mol. The first-order chi connectivity index (χ1) is 11.7. The minimum absolute atomic E-state index is 0.642. The summed E-state index contributed by atoms with van der Waals surface area (Å²) in [7, 11) is 2.03. The summed E-state index contributed by atoms with van der Waals surface area (Å²) in [5.74, 6) is 2.65. The van der Waals surface area contributed by atoms with Crippen LogP contribution in [0.15, 0.2) is 36.5 Å². The Kier molecular flexibility index (Phi) is 3.93. The van der Waals surface area contributed by atoms with E-state index in [1.54, 1.807) is 6.20 Å². The van der Waals surface area contributed by atoms with Crippen molar-refractivity contribution in [2.75, 3.05) is 18.0 Å². The maximum atomic E-state index is 6.46. The Bertz CT molecular complexity index is 886. The van der Waals surface area contributed by atoms with Gasteiger partial charge in [-0.1, -0.05) is 37.1 Å². The van der Waals surface area contributed by atoms with Crippen LogP contribution in [-0.2, 0) is 7.05 Å². The number of anilines is 1. The average Bonchev–Trinajstić information content (AvgIpc) is 3.21. The van der Waals surface area contributed by atoms with E-state index < -0.39 is 0 Å². The lowest BCUT2D eigenvalue weighted by Crippen LogP contribution is -2.20. The molecule has 0 aliphatic carbocycles. The second kappa shape index (κ2) is 6.10. The van der Waals surface area contributed by atoms with E-state index in [1.165, 1.54) is 12.8 Å². The summed E-state index contributed by atoms with van der Waals surface area (Å²) in [6.07, 6.45) is 4.22. The lowest BCUT2D eigenvalue weighted by atomic mass is 10.1. The molecule has 1 aromatic carbocycles. The SMILES string of the molecule is CCC1CCN(c2cc(-c3nc4ccccc4n3C)c(Cl)cn2)C1. The van der Waals surface area contributed by atoms with E-state index >= 15 is 0 Å². The van der Waals surface area contributed by atoms with Crippen molar-refractivity contribution in [3.05, 3.63) is 41.6 Å². The van der Waals surface area contributed by atoms with Crippen LogP contribution in [0.4, 0.5) is 5.82 Å². The van der Waals surface area contributed by atoms with E-state index in [-0.39, 0.29) is 0 Å². The van der Waals surface area contributed by atoms with Crippen LogP contribution in [0.25, 0.3) is 22.4 Å². The van der Waals surface area contributed by atoms with Crippen LogP contribution in [0.5, 0.6) is 0 Å². The van der Waals surface area contributed by atoms with E-state index in [1.807, 2.05) is 25.2 Å². The minimum atomic E-state index is 0.642. The standard InChI is InChI=1S/C19H21ClN4/c1-3-13-8-9-24(12-13)18-10-14(15(20)11-21-18)19-22-16-6-4-5-7-17(16)23(19)2/h4-7,10-11,13H,3,8-9,12H2,1-2H3. The summed E-state index contributed by atoms with van der Waals surface area (Å²) in [6, 6.07) is 10.2. The topological polar surface area (TPSA) is 34.0 Å². The molecule has 5 heteroatoms. The number of hydrogen-bond donors (Lipinski definition) is 0. The number of rotatable bonds is 3. The van der Waals surface area contributed by atoms with E-state index in [9.17, 15) is 0 Å². The first kappa shape index (κ1) is 15.5. The molecule has 1 atom stereocenters. The third-order valence-electron chi connectivity index (χ3n) is 5.06. The quantitative estimate of drug-likeness (QED) is 0.702. The maximum absolute atomic E-state index is 6.46. The highest BCUT2D eigenvalue weighted by Gasteiger charge is 2.23. The van der Waals surface area contributed by atoms with Crippen molar-refractivity contribution >= 4 is 28.5 Å². The Morgan fingerprint density at radius 2 is 2.12 bits per heavy atom. The molecule has 1 fully saturated rings. The van der Waals surface area contributed by atoms with Crippen LogP contribution in [-0.4, -0.2) is 27.6 Å². The minimum Gasteiger partial charge on any atom is -0.356 e. The van der Waals surface area contributed by atoms with Crippen LogP contribution in [0, 0.1) is 5.92 Å². The number of benzene rings is 1. The number of pyridine rings is 1. The molecule has 4 nitrogen and oxygen atoms in total. The highest BCUT2D eigenvalue weighted by molar-refractivity contribution is 6.33. The normalized spacial score (nSPS) is 17.8. The molecule has 124 valence electrons. The highest BCUT2D eigenvalue weighted by Crippen LogP contribution is 2.33. The third kappa shape index (κ3) is 2.55. The first-order valence-electron chi connectivity index (χ1n) is 8.49. The van der Waals surface area contributed by atoms with Gasteiger partial charge in [0, 0.05) is 31.9 Å². The highest BCUT2D eigenvalue weighted by atomic mass is 35.5. The number of halogens is 1. The maximum Gasteiger partial charge on any atom is 0.142 e. The van der Waals surface area contributed by atoms with Gasteiger partial charge in [0.15, 0.2) is 0 Å². The van der Waals surface area contributed by atoms with Gasteiger partial charge in [-0.15, -0.1) is 0 Å². The van der Waals surface area contributed by atoms with Crippen LogP contribution in [0.1, 0.15) is 19.8 Å². The Labute approximate surface area is 147 Å². The molecule has 1 saturated heterocycles. The molecular weight excluding hydrogens is 320 g/mol. The van der Waals surface area contributed by atoms with Crippen molar-refractivity contribution in [2.24, 2.45) is 13.0 Å². The number of hydrogen-bond acceptors (Lipinski definition) is 3. The van der Waals surface area contributed by atoms with Crippen molar-refractivity contribution in [1.82, 2.24) is 14.5 Å². The largest absolute Gasteiger partial charge is 0.356 e. The summed E-state index contributed by atoms with van der Waals surface area (Å²) in [6.45, 7) is 4.40. The molecular formula is C19H21ClN4. The Morgan fingerprint density at radius 1 is 1.29 bits per heavy atom. The molecule has 0 bridgehead atoms. The lowest BCUT2D eigenvalue weighted by molar-refractivity contribution is 0.569. The number of imidazole rings is 1. The molecule has 2 aromatic heterocycles. The van der Waals surface area contributed by atoms with Gasteiger partial charge in [-0.25, -0.2) is 9.97 Å². The summed E-state index contributed by atoms with van der Waals surface area (Å²) in [4.78, 5) is 11.7. The van der Waals surface area contributed by atoms with Gasteiger partial charge in [-0.3, -0.25) is 0 Å². The Hall–Kier alpha value is -2.07. The second-order valence-corrected chi connectivity index (χ2v) is 6.92. The zero-order valence-corrected chi connectivity index (χ0v) is 14.8. The van der Waals surface area contributed by atoms with Gasteiger partial charge < -0.3 is 9.47 Å². The number of fused-ring (bicyclic) bond motifs is 1. The fourth-order valence-electron chi connectivity index (χ4n) is 3.53. The molecule has 1 aliphatic rings. The summed E-state index contributed by atoms with van der Waals surface area (Å²) in [5, 5.41) is 0.642. The van der Waals surface area contributed by atoms with Gasteiger partial charge in [-0.2, -0.15) is 0 Å². The number of para-hydroxylation sites is 2. The fraction of sp³-hybridized carbons (Fsp3) is 0.368. The average molecular weight is 341 g/mol. The molecule has 0 saturated carbocycles. The van der Waals surface area contributed by atoms with Crippen molar-refractivity contribution < 1.29 is 0 Å².